The van der Waals surface area contributed by atoms with Crippen LogP contribution in [0.4, 0.5) is 11.4 Å². The SMILES string of the molecule is CN(C)c1ccccc1NC(=O)c1cccc(CN2CCCC2=O)c1. The van der Waals surface area contributed by atoms with E-state index in [-0.39, 0.29) is 11.8 Å². The Hall–Kier alpha value is -2.82. The fraction of sp³-hybridized carbons (Fsp3) is 0.300. The van der Waals surface area contributed by atoms with Crippen molar-refractivity contribution in [2.75, 3.05) is 30.9 Å². The summed E-state index contributed by atoms with van der Waals surface area (Å²) in [5, 5.41) is 2.98. The van der Waals surface area contributed by atoms with Crippen LogP contribution < -0.4 is 10.2 Å². The maximum Gasteiger partial charge on any atom is 0.255 e. The van der Waals surface area contributed by atoms with Crippen molar-refractivity contribution >= 4 is 23.2 Å². The van der Waals surface area contributed by atoms with E-state index in [0.717, 1.165) is 29.9 Å². The molecule has 1 heterocycles. The van der Waals surface area contributed by atoms with Gasteiger partial charge in [-0.2, -0.15) is 0 Å². The van der Waals surface area contributed by atoms with Crippen molar-refractivity contribution in [2.45, 2.75) is 19.4 Å². The first-order valence-electron chi connectivity index (χ1n) is 8.49. The minimum absolute atomic E-state index is 0.149. The Kier molecular flexibility index (Phi) is 5.03. The first-order chi connectivity index (χ1) is 12.0. The highest BCUT2D eigenvalue weighted by Crippen LogP contribution is 2.24. The second-order valence-corrected chi connectivity index (χ2v) is 6.48. The summed E-state index contributed by atoms with van der Waals surface area (Å²) in [5.41, 5.74) is 3.30. The summed E-state index contributed by atoms with van der Waals surface area (Å²) in [7, 11) is 3.89. The summed E-state index contributed by atoms with van der Waals surface area (Å²) in [6.07, 6.45) is 1.54. The number of nitrogens with zero attached hydrogens (tertiary/aromatic N) is 2. The van der Waals surface area contributed by atoms with Crippen molar-refractivity contribution in [1.29, 1.82) is 0 Å². The van der Waals surface area contributed by atoms with Crippen molar-refractivity contribution in [1.82, 2.24) is 4.90 Å². The molecule has 2 amide bonds. The standard InChI is InChI=1S/C20H23N3O2/c1-22(2)18-10-4-3-9-17(18)21-20(25)16-8-5-7-15(13-16)14-23-12-6-11-19(23)24/h3-5,7-10,13H,6,11-12,14H2,1-2H3,(H,21,25). The number of anilines is 2. The summed E-state index contributed by atoms with van der Waals surface area (Å²) in [6, 6.07) is 15.2. The van der Waals surface area contributed by atoms with Crippen LogP contribution >= 0.6 is 0 Å². The van der Waals surface area contributed by atoms with Crippen LogP contribution in [0.3, 0.4) is 0 Å². The van der Waals surface area contributed by atoms with E-state index in [4.69, 9.17) is 0 Å². The maximum absolute atomic E-state index is 12.6. The zero-order valence-electron chi connectivity index (χ0n) is 14.7. The Bertz CT molecular complexity index is 786. The lowest BCUT2D eigenvalue weighted by Gasteiger charge is -2.18. The van der Waals surface area contributed by atoms with Crippen LogP contribution in [0.5, 0.6) is 0 Å². The number of carbonyl (C=O) groups excluding carboxylic acids is 2. The Morgan fingerprint density at radius 1 is 1.16 bits per heavy atom. The average Bonchev–Trinajstić information content (AvgIpc) is 3.00. The molecule has 25 heavy (non-hydrogen) atoms. The van der Waals surface area contributed by atoms with Crippen molar-refractivity contribution in [3.8, 4) is 0 Å². The quantitative estimate of drug-likeness (QED) is 0.912. The summed E-state index contributed by atoms with van der Waals surface area (Å²) in [5.74, 6) is 0.0404. The molecule has 1 aliphatic rings. The third-order valence-electron chi connectivity index (χ3n) is 4.37. The van der Waals surface area contributed by atoms with Gasteiger partial charge in [0.25, 0.3) is 5.91 Å². The van der Waals surface area contributed by atoms with Gasteiger partial charge in [0.05, 0.1) is 11.4 Å². The largest absolute Gasteiger partial charge is 0.376 e. The van der Waals surface area contributed by atoms with Gasteiger partial charge in [0.15, 0.2) is 0 Å². The molecule has 0 spiro atoms. The van der Waals surface area contributed by atoms with Gasteiger partial charge in [-0.25, -0.2) is 0 Å². The van der Waals surface area contributed by atoms with Gasteiger partial charge < -0.3 is 15.1 Å². The number of hydrogen-bond acceptors (Lipinski definition) is 3. The van der Waals surface area contributed by atoms with Gasteiger partial charge in [0.1, 0.15) is 0 Å². The molecule has 130 valence electrons. The zero-order chi connectivity index (χ0) is 17.8. The molecular formula is C20H23N3O2. The predicted octanol–water partition coefficient (Wildman–Crippen LogP) is 3.13. The van der Waals surface area contributed by atoms with Crippen molar-refractivity contribution in [2.24, 2.45) is 0 Å². The van der Waals surface area contributed by atoms with Crippen LogP contribution in [0, 0.1) is 0 Å². The van der Waals surface area contributed by atoms with E-state index in [1.54, 1.807) is 6.07 Å². The molecule has 0 radical (unpaired) electrons. The third-order valence-corrected chi connectivity index (χ3v) is 4.37. The van der Waals surface area contributed by atoms with Crippen LogP contribution in [0.15, 0.2) is 48.5 Å². The van der Waals surface area contributed by atoms with Gasteiger partial charge in [-0.1, -0.05) is 24.3 Å². The number of para-hydroxylation sites is 2. The highest BCUT2D eigenvalue weighted by Gasteiger charge is 2.20. The van der Waals surface area contributed by atoms with Gasteiger partial charge in [0, 0.05) is 39.2 Å². The van der Waals surface area contributed by atoms with Gasteiger partial charge in [0.2, 0.25) is 5.91 Å². The zero-order valence-corrected chi connectivity index (χ0v) is 14.7. The maximum atomic E-state index is 12.6. The van der Waals surface area contributed by atoms with Gasteiger partial charge in [-0.3, -0.25) is 9.59 Å². The molecule has 0 unspecified atom stereocenters. The Morgan fingerprint density at radius 3 is 2.68 bits per heavy atom. The molecule has 0 saturated carbocycles. The number of nitrogens with one attached hydrogen (secondary N) is 1. The number of carbonyl (C=O) groups is 2. The van der Waals surface area contributed by atoms with Crippen LogP contribution in [0.2, 0.25) is 0 Å². The van der Waals surface area contributed by atoms with E-state index in [2.05, 4.69) is 5.32 Å². The summed E-state index contributed by atoms with van der Waals surface area (Å²) < 4.78 is 0. The molecule has 0 atom stereocenters. The fourth-order valence-electron chi connectivity index (χ4n) is 3.07. The van der Waals surface area contributed by atoms with E-state index < -0.39 is 0 Å². The minimum atomic E-state index is -0.149. The Labute approximate surface area is 148 Å². The molecule has 1 fully saturated rings. The smallest absolute Gasteiger partial charge is 0.255 e. The third kappa shape index (κ3) is 3.99. The molecule has 1 aliphatic heterocycles. The van der Waals surface area contributed by atoms with Crippen LogP contribution in [0.1, 0.15) is 28.8 Å². The lowest BCUT2D eigenvalue weighted by molar-refractivity contribution is -0.128. The lowest BCUT2D eigenvalue weighted by Crippen LogP contribution is -2.24. The molecule has 2 aromatic rings. The Morgan fingerprint density at radius 2 is 1.96 bits per heavy atom. The average molecular weight is 337 g/mol. The van der Waals surface area contributed by atoms with Crippen molar-refractivity contribution < 1.29 is 9.59 Å². The molecule has 3 rings (SSSR count). The normalized spacial score (nSPS) is 13.8. The first kappa shape index (κ1) is 17.0. The molecule has 0 aliphatic carbocycles. The van der Waals surface area contributed by atoms with E-state index >= 15 is 0 Å². The lowest BCUT2D eigenvalue weighted by atomic mass is 10.1. The molecular weight excluding hydrogens is 314 g/mol. The molecule has 0 aromatic heterocycles. The number of rotatable bonds is 5. The van der Waals surface area contributed by atoms with E-state index in [1.165, 1.54) is 0 Å². The highest BCUT2D eigenvalue weighted by atomic mass is 16.2. The van der Waals surface area contributed by atoms with Gasteiger partial charge in [-0.05, 0) is 36.2 Å². The van der Waals surface area contributed by atoms with Gasteiger partial charge in [-0.15, -0.1) is 0 Å². The number of benzene rings is 2. The van der Waals surface area contributed by atoms with Crippen LogP contribution in [0.25, 0.3) is 0 Å². The van der Waals surface area contributed by atoms with E-state index in [1.807, 2.05) is 66.4 Å². The van der Waals surface area contributed by atoms with Crippen LogP contribution in [-0.4, -0.2) is 37.4 Å². The molecule has 1 saturated heterocycles. The molecule has 5 nitrogen and oxygen atoms in total. The summed E-state index contributed by atoms with van der Waals surface area (Å²) in [6.45, 7) is 1.36. The molecule has 5 heteroatoms. The van der Waals surface area contributed by atoms with E-state index in [9.17, 15) is 9.59 Å². The van der Waals surface area contributed by atoms with Crippen LogP contribution in [-0.2, 0) is 11.3 Å². The fourth-order valence-corrected chi connectivity index (χ4v) is 3.07. The van der Waals surface area contributed by atoms with Crippen molar-refractivity contribution in [3.63, 3.8) is 0 Å². The molecule has 2 aromatic carbocycles. The minimum Gasteiger partial charge on any atom is -0.376 e. The first-order valence-corrected chi connectivity index (χ1v) is 8.49. The topological polar surface area (TPSA) is 52.7 Å². The predicted molar refractivity (Wildman–Crippen MR) is 99.8 cm³/mol. The second kappa shape index (κ2) is 7.38. The number of amides is 2. The van der Waals surface area contributed by atoms with Gasteiger partial charge >= 0.3 is 0 Å². The van der Waals surface area contributed by atoms with Crippen molar-refractivity contribution in [3.05, 3.63) is 59.7 Å². The summed E-state index contributed by atoms with van der Waals surface area (Å²) >= 11 is 0. The summed E-state index contributed by atoms with van der Waals surface area (Å²) in [4.78, 5) is 28.2. The molecule has 1 N–H and O–H groups in total. The number of likely N-dealkylation sites (tertiary alicyclic amines) is 1. The van der Waals surface area contributed by atoms with E-state index in [0.29, 0.717) is 18.5 Å². The second-order valence-electron chi connectivity index (χ2n) is 6.48. The Balaban J connectivity index is 1.74. The highest BCUT2D eigenvalue weighted by molar-refractivity contribution is 6.06. The molecule has 0 bridgehead atoms. The monoisotopic (exact) mass is 337 g/mol. The number of hydrogen-bond donors (Lipinski definition) is 1.